The van der Waals surface area contributed by atoms with Crippen molar-refractivity contribution in [2.24, 2.45) is 0 Å². The Hall–Kier alpha value is -7.43. The van der Waals surface area contributed by atoms with E-state index < -0.39 is 0 Å². The van der Waals surface area contributed by atoms with Gasteiger partial charge < -0.3 is 4.42 Å². The normalized spacial score (nSPS) is 11.3. The molecule has 4 heteroatoms. The highest BCUT2D eigenvalue weighted by atomic mass is 16.3. The Labute approximate surface area is 325 Å². The number of aryl methyl sites for hydroxylation is 1. The van der Waals surface area contributed by atoms with Crippen LogP contribution in [0.3, 0.4) is 0 Å². The molecule has 56 heavy (non-hydrogen) atoms. The summed E-state index contributed by atoms with van der Waals surface area (Å²) in [5, 5.41) is 2.11. The van der Waals surface area contributed by atoms with Crippen LogP contribution >= 0.6 is 0 Å². The fourth-order valence-electron chi connectivity index (χ4n) is 7.61. The summed E-state index contributed by atoms with van der Waals surface area (Å²) in [6.07, 6.45) is 0. The molecule has 2 heterocycles. The highest BCUT2D eigenvalue weighted by Crippen LogP contribution is 2.43. The van der Waals surface area contributed by atoms with E-state index in [1.165, 1.54) is 16.7 Å². The van der Waals surface area contributed by atoms with Crippen LogP contribution in [0.4, 0.5) is 0 Å². The van der Waals surface area contributed by atoms with Gasteiger partial charge in [0.15, 0.2) is 17.5 Å². The average molecular weight is 718 g/mol. The molecule has 10 aromatic rings. The fourth-order valence-corrected chi connectivity index (χ4v) is 7.61. The summed E-state index contributed by atoms with van der Waals surface area (Å²) in [6, 6.07) is 67.5. The van der Waals surface area contributed by atoms with Crippen molar-refractivity contribution < 1.29 is 4.42 Å². The van der Waals surface area contributed by atoms with Gasteiger partial charge in [0.25, 0.3) is 0 Å². The minimum atomic E-state index is 0.580. The topological polar surface area (TPSA) is 51.8 Å². The van der Waals surface area contributed by atoms with Gasteiger partial charge in [-0.25, -0.2) is 15.0 Å². The molecule has 2 aromatic heterocycles. The van der Waals surface area contributed by atoms with Gasteiger partial charge in [-0.3, -0.25) is 0 Å². The summed E-state index contributed by atoms with van der Waals surface area (Å²) in [7, 11) is 0. The zero-order valence-electron chi connectivity index (χ0n) is 30.7. The lowest BCUT2D eigenvalue weighted by atomic mass is 9.93. The minimum Gasteiger partial charge on any atom is -0.455 e. The largest absolute Gasteiger partial charge is 0.455 e. The average Bonchev–Trinajstić information content (AvgIpc) is 3.66. The van der Waals surface area contributed by atoms with Gasteiger partial charge in [0.05, 0.1) is 0 Å². The molecule has 0 unspecified atom stereocenters. The SMILES string of the molecule is Cc1cccc(-c2cccc(-c3nc(-c4ccccc4)nc(-c4ccc5c(c4)oc4c(-c6ccccc6)ccc(-c6cccc(-c7ccccc7)c6)c45)n3)c2)c1. The maximum atomic E-state index is 6.91. The Bertz CT molecular complexity index is 3030. The van der Waals surface area contributed by atoms with E-state index >= 15 is 0 Å². The second-order valence-electron chi connectivity index (χ2n) is 14.1. The van der Waals surface area contributed by atoms with Crippen LogP contribution in [0.25, 0.3) is 101 Å². The zero-order valence-corrected chi connectivity index (χ0v) is 30.7. The summed E-state index contributed by atoms with van der Waals surface area (Å²) in [5.41, 5.74) is 14.5. The molecule has 0 radical (unpaired) electrons. The van der Waals surface area contributed by atoms with E-state index in [-0.39, 0.29) is 0 Å². The minimum absolute atomic E-state index is 0.580. The van der Waals surface area contributed by atoms with E-state index in [4.69, 9.17) is 19.4 Å². The molecule has 0 atom stereocenters. The van der Waals surface area contributed by atoms with Crippen molar-refractivity contribution in [2.45, 2.75) is 6.92 Å². The third-order valence-corrected chi connectivity index (χ3v) is 10.4. The van der Waals surface area contributed by atoms with Crippen LogP contribution in [0.2, 0.25) is 0 Å². The van der Waals surface area contributed by atoms with Crippen molar-refractivity contribution >= 4 is 21.9 Å². The second kappa shape index (κ2) is 14.1. The molecule has 8 aromatic carbocycles. The number of rotatable bonds is 7. The van der Waals surface area contributed by atoms with Gasteiger partial charge >= 0.3 is 0 Å². The van der Waals surface area contributed by atoms with Gasteiger partial charge in [0.1, 0.15) is 11.2 Å². The second-order valence-corrected chi connectivity index (χ2v) is 14.1. The first-order valence-electron chi connectivity index (χ1n) is 18.8. The number of aromatic nitrogens is 3. The first-order chi connectivity index (χ1) is 27.6. The maximum Gasteiger partial charge on any atom is 0.164 e. The Morgan fingerprint density at radius 1 is 0.339 bits per heavy atom. The highest BCUT2D eigenvalue weighted by molar-refractivity contribution is 6.16. The highest BCUT2D eigenvalue weighted by Gasteiger charge is 2.20. The number of hydrogen-bond acceptors (Lipinski definition) is 4. The van der Waals surface area contributed by atoms with E-state index in [0.29, 0.717) is 17.5 Å². The van der Waals surface area contributed by atoms with Crippen LogP contribution in [0.5, 0.6) is 0 Å². The monoisotopic (exact) mass is 717 g/mol. The molecule has 0 aliphatic rings. The predicted octanol–water partition coefficient (Wildman–Crippen LogP) is 13.7. The summed E-state index contributed by atoms with van der Waals surface area (Å²) < 4.78 is 6.91. The molecule has 0 amide bonds. The quantitative estimate of drug-likeness (QED) is 0.165. The van der Waals surface area contributed by atoms with Gasteiger partial charge in [-0.1, -0.05) is 169 Å². The Morgan fingerprint density at radius 3 is 1.50 bits per heavy atom. The smallest absolute Gasteiger partial charge is 0.164 e. The van der Waals surface area contributed by atoms with E-state index in [1.807, 2.05) is 36.4 Å². The Balaban J connectivity index is 1.15. The van der Waals surface area contributed by atoms with Crippen LogP contribution in [-0.4, -0.2) is 15.0 Å². The molecule has 0 aliphatic carbocycles. The predicted molar refractivity (Wildman–Crippen MR) is 230 cm³/mol. The van der Waals surface area contributed by atoms with Crippen molar-refractivity contribution in [1.82, 2.24) is 15.0 Å². The van der Waals surface area contributed by atoms with Crippen LogP contribution in [0.1, 0.15) is 5.56 Å². The summed E-state index contributed by atoms with van der Waals surface area (Å²) in [6.45, 7) is 2.11. The third kappa shape index (κ3) is 6.23. The van der Waals surface area contributed by atoms with Crippen molar-refractivity contribution in [1.29, 1.82) is 0 Å². The third-order valence-electron chi connectivity index (χ3n) is 10.4. The fraction of sp³-hybridized carbons (Fsp3) is 0.0192. The molecule has 0 N–H and O–H groups in total. The summed E-state index contributed by atoms with van der Waals surface area (Å²) >= 11 is 0. The van der Waals surface area contributed by atoms with E-state index in [0.717, 1.165) is 72.0 Å². The Morgan fingerprint density at radius 2 is 0.821 bits per heavy atom. The molecule has 10 rings (SSSR count). The van der Waals surface area contributed by atoms with E-state index in [9.17, 15) is 0 Å². The van der Waals surface area contributed by atoms with E-state index in [1.54, 1.807) is 0 Å². The molecular formula is C52H35N3O. The van der Waals surface area contributed by atoms with Gasteiger partial charge in [-0.15, -0.1) is 0 Å². The molecule has 264 valence electrons. The molecule has 0 spiro atoms. The lowest BCUT2D eigenvalue weighted by molar-refractivity contribution is 0.670. The van der Waals surface area contributed by atoms with Gasteiger partial charge in [0.2, 0.25) is 0 Å². The molecule has 0 saturated heterocycles. The maximum absolute atomic E-state index is 6.91. The molecule has 0 fully saturated rings. The summed E-state index contributed by atoms with van der Waals surface area (Å²) in [4.78, 5) is 15.2. The van der Waals surface area contributed by atoms with Crippen molar-refractivity contribution in [3.8, 4) is 78.7 Å². The molecule has 4 nitrogen and oxygen atoms in total. The number of fused-ring (bicyclic) bond motifs is 3. The molecule has 0 aliphatic heterocycles. The van der Waals surface area contributed by atoms with Crippen molar-refractivity contribution in [2.75, 3.05) is 0 Å². The number of benzene rings is 8. The van der Waals surface area contributed by atoms with Crippen molar-refractivity contribution in [3.05, 3.63) is 200 Å². The number of hydrogen-bond donors (Lipinski definition) is 0. The first-order valence-corrected chi connectivity index (χ1v) is 18.8. The molecule has 0 bridgehead atoms. The first kappa shape index (κ1) is 33.2. The summed E-state index contributed by atoms with van der Waals surface area (Å²) in [5.74, 6) is 1.81. The number of furan rings is 1. The zero-order chi connectivity index (χ0) is 37.4. The van der Waals surface area contributed by atoms with E-state index in [2.05, 4.69) is 165 Å². The lowest BCUT2D eigenvalue weighted by Gasteiger charge is -2.10. The van der Waals surface area contributed by atoms with Gasteiger partial charge in [-0.2, -0.15) is 0 Å². The lowest BCUT2D eigenvalue weighted by Crippen LogP contribution is -2.00. The number of nitrogens with zero attached hydrogens (tertiary/aromatic N) is 3. The van der Waals surface area contributed by atoms with Crippen molar-refractivity contribution in [3.63, 3.8) is 0 Å². The van der Waals surface area contributed by atoms with Crippen LogP contribution in [-0.2, 0) is 0 Å². The Kier molecular flexibility index (Phi) is 8.34. The van der Waals surface area contributed by atoms with Crippen LogP contribution in [0.15, 0.2) is 199 Å². The molecular weight excluding hydrogens is 683 g/mol. The van der Waals surface area contributed by atoms with Crippen LogP contribution in [0, 0.1) is 6.92 Å². The standard InChI is InChI=1S/C52H35N3O/c1-34-14-11-21-38(30-34)40-23-13-25-42(32-40)51-53-50(37-19-9-4-10-20-37)54-52(55-51)43-26-27-46-47(33-43)56-49-45(36-17-7-3-8-18-36)29-28-44(48(46)49)41-24-12-22-39(31-41)35-15-5-2-6-16-35/h2-33H,1H3. The van der Waals surface area contributed by atoms with Crippen LogP contribution < -0.4 is 0 Å². The van der Waals surface area contributed by atoms with Gasteiger partial charge in [0, 0.05) is 33.0 Å². The molecule has 0 saturated carbocycles. The van der Waals surface area contributed by atoms with Gasteiger partial charge in [-0.05, 0) is 76.2 Å².